The molecule has 0 saturated carbocycles. The summed E-state index contributed by atoms with van der Waals surface area (Å²) in [5.41, 5.74) is 3.36. The van der Waals surface area contributed by atoms with Crippen LogP contribution in [-0.2, 0) is 11.2 Å². The molecule has 1 aliphatic rings. The molecule has 0 aliphatic heterocycles. The van der Waals surface area contributed by atoms with E-state index < -0.39 is 0 Å². The van der Waals surface area contributed by atoms with Gasteiger partial charge in [0.2, 0.25) is 0 Å². The molecule has 1 aliphatic carbocycles. The van der Waals surface area contributed by atoms with E-state index in [4.69, 9.17) is 11.6 Å². The topological polar surface area (TPSA) is 30.0 Å². The van der Waals surface area contributed by atoms with Gasteiger partial charge in [0.05, 0.1) is 5.69 Å². The molecule has 0 fully saturated rings. The number of hydrogen-bond acceptors (Lipinski definition) is 2. The summed E-state index contributed by atoms with van der Waals surface area (Å²) >= 11 is 5.88. The van der Waals surface area contributed by atoms with Crippen molar-refractivity contribution in [2.75, 3.05) is 0 Å². The van der Waals surface area contributed by atoms with Gasteiger partial charge >= 0.3 is 0 Å². The van der Waals surface area contributed by atoms with Crippen molar-refractivity contribution in [2.24, 2.45) is 0 Å². The average Bonchev–Trinajstić information content (AvgIpc) is 2.39. The summed E-state index contributed by atoms with van der Waals surface area (Å²) in [7, 11) is 0. The molecule has 2 aromatic rings. The monoisotopic (exact) mass is 255 g/mol. The number of aromatic nitrogens is 1. The molecule has 0 radical (unpaired) electrons. The van der Waals surface area contributed by atoms with Crippen molar-refractivity contribution >= 4 is 29.0 Å². The number of carbonyl (C=O) groups excluding carboxylic acids is 1. The summed E-state index contributed by atoms with van der Waals surface area (Å²) < 4.78 is 0. The summed E-state index contributed by atoms with van der Waals surface area (Å²) in [6, 6.07) is 13.2. The highest BCUT2D eigenvalue weighted by Gasteiger charge is 2.20. The number of hydrogen-bond donors (Lipinski definition) is 0. The van der Waals surface area contributed by atoms with Gasteiger partial charge in [-0.2, -0.15) is 0 Å². The zero-order valence-electron chi connectivity index (χ0n) is 9.56. The van der Waals surface area contributed by atoms with Crippen molar-refractivity contribution in [1.82, 2.24) is 4.98 Å². The van der Waals surface area contributed by atoms with Gasteiger partial charge in [0.15, 0.2) is 5.78 Å². The molecule has 0 saturated heterocycles. The lowest BCUT2D eigenvalue weighted by molar-refractivity contribution is -0.113. The van der Waals surface area contributed by atoms with Crippen LogP contribution in [0.5, 0.6) is 0 Å². The fraction of sp³-hybridized carbons (Fsp3) is 0.0667. The number of benzene rings is 1. The Hall–Kier alpha value is -1.93. The van der Waals surface area contributed by atoms with E-state index in [-0.39, 0.29) is 5.78 Å². The molecule has 3 rings (SSSR count). The van der Waals surface area contributed by atoms with E-state index in [0.717, 1.165) is 16.8 Å². The van der Waals surface area contributed by atoms with Crippen LogP contribution in [0.3, 0.4) is 0 Å². The normalized spacial score (nSPS) is 14.1. The molecule has 18 heavy (non-hydrogen) atoms. The van der Waals surface area contributed by atoms with E-state index in [2.05, 4.69) is 4.98 Å². The molecule has 1 heterocycles. The number of nitrogens with zero attached hydrogens (tertiary/aromatic N) is 1. The molecule has 3 heteroatoms. The number of halogens is 1. The van der Waals surface area contributed by atoms with Crippen LogP contribution in [0, 0.1) is 0 Å². The second-order valence-electron chi connectivity index (χ2n) is 4.20. The number of allylic oxidation sites excluding steroid dienone is 1. The molecule has 0 spiro atoms. The third-order valence-electron chi connectivity index (χ3n) is 3.00. The summed E-state index contributed by atoms with van der Waals surface area (Å²) in [6.07, 6.45) is 2.21. The van der Waals surface area contributed by atoms with E-state index in [9.17, 15) is 4.79 Å². The van der Waals surface area contributed by atoms with Gasteiger partial charge in [-0.05, 0) is 23.3 Å². The first-order chi connectivity index (χ1) is 8.74. The molecule has 88 valence electrons. The number of fused-ring (bicyclic) bond motifs is 1. The van der Waals surface area contributed by atoms with Crippen LogP contribution in [0.25, 0.3) is 11.6 Å². The fourth-order valence-corrected chi connectivity index (χ4v) is 2.25. The van der Waals surface area contributed by atoms with Crippen molar-refractivity contribution in [3.05, 3.63) is 64.4 Å². The summed E-state index contributed by atoms with van der Waals surface area (Å²) in [5, 5.41) is 0.451. The summed E-state index contributed by atoms with van der Waals surface area (Å²) in [6.45, 7) is 0. The van der Waals surface area contributed by atoms with E-state index in [0.29, 0.717) is 17.1 Å². The number of Topliss-reactive ketones (excluding diaryl/α,β-unsaturated/α-hetero) is 1. The maximum Gasteiger partial charge on any atom is 0.167 e. The van der Waals surface area contributed by atoms with Crippen molar-refractivity contribution in [3.8, 4) is 0 Å². The first kappa shape index (κ1) is 11.2. The van der Waals surface area contributed by atoms with Crippen LogP contribution in [0.1, 0.15) is 16.8 Å². The molecule has 1 aromatic heterocycles. The predicted octanol–water partition coefficient (Wildman–Crippen LogP) is 3.40. The van der Waals surface area contributed by atoms with Gasteiger partial charge in [-0.3, -0.25) is 4.79 Å². The minimum Gasteiger partial charge on any atom is -0.294 e. The Bertz CT molecular complexity index is 647. The van der Waals surface area contributed by atoms with Crippen LogP contribution in [0.2, 0.25) is 5.15 Å². The highest BCUT2D eigenvalue weighted by molar-refractivity contribution is 6.30. The smallest absolute Gasteiger partial charge is 0.167 e. The number of pyridine rings is 1. The molecule has 0 amide bonds. The minimum absolute atomic E-state index is 0.123. The Kier molecular flexibility index (Phi) is 2.73. The first-order valence-electron chi connectivity index (χ1n) is 5.70. The van der Waals surface area contributed by atoms with E-state index >= 15 is 0 Å². The molecule has 0 bridgehead atoms. The lowest BCUT2D eigenvalue weighted by atomic mass is 9.90. The largest absolute Gasteiger partial charge is 0.294 e. The standard InChI is InChI=1S/C15H10ClNO/c16-15-7-6-11-8-14(18)12(9-13(11)17-15)10-4-2-1-3-5-10/h1-7,9H,8H2. The number of rotatable bonds is 1. The molecule has 0 atom stereocenters. The van der Waals surface area contributed by atoms with Gasteiger partial charge in [0, 0.05) is 12.0 Å². The van der Waals surface area contributed by atoms with E-state index in [1.165, 1.54) is 0 Å². The van der Waals surface area contributed by atoms with Crippen molar-refractivity contribution < 1.29 is 4.79 Å². The lowest BCUT2D eigenvalue weighted by Gasteiger charge is -2.15. The Morgan fingerprint density at radius 2 is 1.83 bits per heavy atom. The van der Waals surface area contributed by atoms with Crippen LogP contribution in [0.4, 0.5) is 0 Å². The Labute approximate surface area is 110 Å². The average molecular weight is 256 g/mol. The second-order valence-corrected chi connectivity index (χ2v) is 4.59. The third-order valence-corrected chi connectivity index (χ3v) is 3.21. The molecule has 0 unspecified atom stereocenters. The van der Waals surface area contributed by atoms with Gasteiger partial charge < -0.3 is 0 Å². The predicted molar refractivity (Wildman–Crippen MR) is 72.3 cm³/mol. The Balaban J connectivity index is 2.13. The Morgan fingerprint density at radius 1 is 1.06 bits per heavy atom. The zero-order chi connectivity index (χ0) is 12.5. The van der Waals surface area contributed by atoms with E-state index in [1.54, 1.807) is 6.07 Å². The Morgan fingerprint density at radius 3 is 2.61 bits per heavy atom. The van der Waals surface area contributed by atoms with Gasteiger partial charge in [0.1, 0.15) is 5.15 Å². The van der Waals surface area contributed by atoms with Crippen LogP contribution in [-0.4, -0.2) is 10.8 Å². The van der Waals surface area contributed by atoms with Crippen molar-refractivity contribution in [3.63, 3.8) is 0 Å². The third kappa shape index (κ3) is 1.95. The van der Waals surface area contributed by atoms with Crippen LogP contribution >= 0.6 is 11.6 Å². The van der Waals surface area contributed by atoms with E-state index in [1.807, 2.05) is 42.5 Å². The maximum absolute atomic E-state index is 12.1. The van der Waals surface area contributed by atoms with Gasteiger partial charge in [0.25, 0.3) is 0 Å². The molecule has 2 nitrogen and oxygen atoms in total. The van der Waals surface area contributed by atoms with Gasteiger partial charge in [-0.25, -0.2) is 4.98 Å². The molecule has 0 N–H and O–H groups in total. The molecular weight excluding hydrogens is 246 g/mol. The molecular formula is C15H10ClNO. The van der Waals surface area contributed by atoms with Crippen LogP contribution in [0.15, 0.2) is 42.5 Å². The SMILES string of the molecule is O=C1Cc2ccc(Cl)nc2C=C1c1ccccc1. The maximum atomic E-state index is 12.1. The number of carbonyl (C=O) groups is 1. The number of ketones is 1. The highest BCUT2D eigenvalue weighted by Crippen LogP contribution is 2.27. The van der Waals surface area contributed by atoms with Crippen LogP contribution < -0.4 is 0 Å². The second kappa shape index (κ2) is 4.39. The summed E-state index contributed by atoms with van der Waals surface area (Å²) in [5.74, 6) is 0.123. The minimum atomic E-state index is 0.123. The first-order valence-corrected chi connectivity index (χ1v) is 6.07. The quantitative estimate of drug-likeness (QED) is 0.731. The molecule has 1 aromatic carbocycles. The van der Waals surface area contributed by atoms with Gasteiger partial charge in [-0.1, -0.05) is 48.0 Å². The highest BCUT2D eigenvalue weighted by atomic mass is 35.5. The zero-order valence-corrected chi connectivity index (χ0v) is 10.3. The van der Waals surface area contributed by atoms with Crippen molar-refractivity contribution in [1.29, 1.82) is 0 Å². The van der Waals surface area contributed by atoms with Crippen molar-refractivity contribution in [2.45, 2.75) is 6.42 Å². The fourth-order valence-electron chi connectivity index (χ4n) is 2.10. The van der Waals surface area contributed by atoms with Gasteiger partial charge in [-0.15, -0.1) is 0 Å². The summed E-state index contributed by atoms with van der Waals surface area (Å²) in [4.78, 5) is 16.4. The lowest BCUT2D eigenvalue weighted by Crippen LogP contribution is -2.12.